The van der Waals surface area contributed by atoms with E-state index in [0.717, 1.165) is 21.3 Å². The van der Waals surface area contributed by atoms with Crippen molar-refractivity contribution >= 4 is 26.8 Å². The maximum absolute atomic E-state index is 13.1. The SMILES string of the molecule is C[C@H](c1ccccc1)n1cc2c(c1-c1cccc(Br)c1)c(=O)n(C)c(=O)n2C. The standard InChI is InChI=1S/C22H20BrN3O2/c1-14(15-8-5-4-6-9-15)26-13-18-19(21(27)25(3)22(28)24(18)2)20(26)16-10-7-11-17(23)12-16/h4-14H,1-3H3/t14-/m1/s1. The van der Waals surface area contributed by atoms with Gasteiger partial charge >= 0.3 is 5.69 Å². The molecule has 6 heteroatoms. The van der Waals surface area contributed by atoms with Gasteiger partial charge in [-0.1, -0.05) is 58.4 Å². The van der Waals surface area contributed by atoms with E-state index in [1.165, 1.54) is 16.2 Å². The van der Waals surface area contributed by atoms with Crippen molar-refractivity contribution in [3.05, 3.63) is 91.7 Å². The van der Waals surface area contributed by atoms with Gasteiger partial charge in [0.15, 0.2) is 0 Å². The number of nitrogens with zero attached hydrogens (tertiary/aromatic N) is 3. The van der Waals surface area contributed by atoms with Crippen LogP contribution in [0.3, 0.4) is 0 Å². The number of aromatic nitrogens is 3. The molecule has 2 aromatic carbocycles. The predicted molar refractivity (Wildman–Crippen MR) is 116 cm³/mol. The third-order valence-corrected chi connectivity index (χ3v) is 5.76. The van der Waals surface area contributed by atoms with Crippen LogP contribution < -0.4 is 11.2 Å². The lowest BCUT2D eigenvalue weighted by atomic mass is 10.1. The van der Waals surface area contributed by atoms with Gasteiger partial charge in [-0.05, 0) is 24.6 Å². The van der Waals surface area contributed by atoms with Crippen LogP contribution in [0.1, 0.15) is 18.5 Å². The molecule has 0 aliphatic rings. The molecule has 0 radical (unpaired) electrons. The summed E-state index contributed by atoms with van der Waals surface area (Å²) in [6, 6.07) is 18.0. The Hall–Kier alpha value is -2.86. The van der Waals surface area contributed by atoms with Gasteiger partial charge < -0.3 is 4.57 Å². The Morgan fingerprint density at radius 1 is 0.929 bits per heavy atom. The Balaban J connectivity index is 2.14. The summed E-state index contributed by atoms with van der Waals surface area (Å²) in [7, 11) is 3.22. The Morgan fingerprint density at radius 2 is 1.64 bits per heavy atom. The normalized spacial score (nSPS) is 12.4. The second-order valence-corrected chi connectivity index (χ2v) is 7.86. The average molecular weight is 438 g/mol. The fraction of sp³-hybridized carbons (Fsp3) is 0.182. The molecule has 0 fully saturated rings. The molecular formula is C22H20BrN3O2. The summed E-state index contributed by atoms with van der Waals surface area (Å²) >= 11 is 3.53. The number of halogens is 1. The predicted octanol–water partition coefficient (Wildman–Crippen LogP) is 4.08. The van der Waals surface area contributed by atoms with Crippen LogP contribution in [0.25, 0.3) is 22.2 Å². The molecule has 4 rings (SSSR count). The zero-order valence-corrected chi connectivity index (χ0v) is 17.5. The monoisotopic (exact) mass is 437 g/mol. The minimum absolute atomic E-state index is 0.0117. The number of fused-ring (bicyclic) bond motifs is 1. The molecule has 2 aromatic heterocycles. The first-order valence-corrected chi connectivity index (χ1v) is 9.81. The molecule has 5 nitrogen and oxygen atoms in total. The Morgan fingerprint density at radius 3 is 2.32 bits per heavy atom. The first-order valence-electron chi connectivity index (χ1n) is 9.01. The fourth-order valence-electron chi connectivity index (χ4n) is 3.69. The minimum atomic E-state index is -0.331. The van der Waals surface area contributed by atoms with E-state index in [1.807, 2.05) is 48.7 Å². The van der Waals surface area contributed by atoms with Gasteiger partial charge in [0, 0.05) is 30.3 Å². The summed E-state index contributed by atoms with van der Waals surface area (Å²) in [4.78, 5) is 25.5. The first-order chi connectivity index (χ1) is 13.4. The topological polar surface area (TPSA) is 48.9 Å². The third kappa shape index (κ3) is 2.85. The summed E-state index contributed by atoms with van der Waals surface area (Å²) in [5.74, 6) is 0. The quantitative estimate of drug-likeness (QED) is 0.484. The second-order valence-electron chi connectivity index (χ2n) is 6.95. The van der Waals surface area contributed by atoms with E-state index >= 15 is 0 Å². The summed E-state index contributed by atoms with van der Waals surface area (Å²) in [6.07, 6.45) is 1.91. The van der Waals surface area contributed by atoms with Crippen molar-refractivity contribution in [2.75, 3.05) is 0 Å². The van der Waals surface area contributed by atoms with Gasteiger partial charge in [0.05, 0.1) is 22.6 Å². The highest BCUT2D eigenvalue weighted by molar-refractivity contribution is 9.10. The van der Waals surface area contributed by atoms with Crippen LogP contribution in [0.2, 0.25) is 0 Å². The van der Waals surface area contributed by atoms with Crippen molar-refractivity contribution in [3.8, 4) is 11.3 Å². The van der Waals surface area contributed by atoms with Crippen molar-refractivity contribution in [2.24, 2.45) is 14.1 Å². The highest BCUT2D eigenvalue weighted by Gasteiger charge is 2.22. The zero-order chi connectivity index (χ0) is 20.0. The van der Waals surface area contributed by atoms with Gasteiger partial charge in [0.2, 0.25) is 0 Å². The number of benzene rings is 2. The lowest BCUT2D eigenvalue weighted by Crippen LogP contribution is -2.36. The van der Waals surface area contributed by atoms with Gasteiger partial charge in [-0.2, -0.15) is 0 Å². The van der Waals surface area contributed by atoms with Crippen molar-refractivity contribution in [1.82, 2.24) is 13.7 Å². The van der Waals surface area contributed by atoms with Crippen molar-refractivity contribution in [3.63, 3.8) is 0 Å². The Kier molecular flexibility index (Phi) is 4.59. The Bertz CT molecular complexity index is 1300. The number of hydrogen-bond donors (Lipinski definition) is 0. The summed E-state index contributed by atoms with van der Waals surface area (Å²) < 4.78 is 5.72. The number of aryl methyl sites for hydroxylation is 1. The summed E-state index contributed by atoms with van der Waals surface area (Å²) in [6.45, 7) is 2.10. The molecule has 0 aliphatic carbocycles. The minimum Gasteiger partial charge on any atom is -0.337 e. The molecule has 0 unspecified atom stereocenters. The molecule has 4 aromatic rings. The van der Waals surface area contributed by atoms with E-state index < -0.39 is 0 Å². The van der Waals surface area contributed by atoms with Crippen LogP contribution in [0.15, 0.2) is 74.9 Å². The molecule has 0 bridgehead atoms. The van der Waals surface area contributed by atoms with Crippen molar-refractivity contribution in [1.29, 1.82) is 0 Å². The van der Waals surface area contributed by atoms with Gasteiger partial charge in [-0.3, -0.25) is 13.9 Å². The summed E-state index contributed by atoms with van der Waals surface area (Å²) in [5.41, 5.74) is 2.87. The Labute approximate surface area is 170 Å². The molecule has 28 heavy (non-hydrogen) atoms. The van der Waals surface area contributed by atoms with Crippen molar-refractivity contribution in [2.45, 2.75) is 13.0 Å². The third-order valence-electron chi connectivity index (χ3n) is 5.26. The molecule has 142 valence electrons. The van der Waals surface area contributed by atoms with E-state index in [-0.39, 0.29) is 17.3 Å². The van der Waals surface area contributed by atoms with Gasteiger partial charge in [0.1, 0.15) is 0 Å². The maximum Gasteiger partial charge on any atom is 0.330 e. The van der Waals surface area contributed by atoms with Gasteiger partial charge in [-0.25, -0.2) is 4.79 Å². The van der Waals surface area contributed by atoms with Crippen LogP contribution in [-0.4, -0.2) is 13.7 Å². The summed E-state index contributed by atoms with van der Waals surface area (Å²) in [5, 5.41) is 0.547. The highest BCUT2D eigenvalue weighted by atomic mass is 79.9. The fourth-order valence-corrected chi connectivity index (χ4v) is 4.09. The van der Waals surface area contributed by atoms with E-state index in [4.69, 9.17) is 0 Å². The second kappa shape index (κ2) is 6.95. The number of hydrogen-bond acceptors (Lipinski definition) is 2. The molecule has 0 amide bonds. The van der Waals surface area contributed by atoms with Crippen molar-refractivity contribution < 1.29 is 0 Å². The molecule has 2 heterocycles. The van der Waals surface area contributed by atoms with E-state index in [0.29, 0.717) is 10.9 Å². The van der Waals surface area contributed by atoms with Crippen LogP contribution >= 0.6 is 15.9 Å². The molecule has 1 atom stereocenters. The van der Waals surface area contributed by atoms with Crippen LogP contribution in [0.4, 0.5) is 0 Å². The van der Waals surface area contributed by atoms with E-state index in [9.17, 15) is 9.59 Å². The van der Waals surface area contributed by atoms with Gasteiger partial charge in [-0.15, -0.1) is 0 Å². The molecular weight excluding hydrogens is 418 g/mol. The molecule has 0 N–H and O–H groups in total. The number of rotatable bonds is 3. The smallest absolute Gasteiger partial charge is 0.330 e. The first kappa shape index (κ1) is 18.5. The molecule has 0 spiro atoms. The zero-order valence-electron chi connectivity index (χ0n) is 15.9. The maximum atomic E-state index is 13.1. The van der Waals surface area contributed by atoms with Crippen LogP contribution in [0.5, 0.6) is 0 Å². The lowest BCUT2D eigenvalue weighted by molar-refractivity contribution is 0.650. The van der Waals surface area contributed by atoms with E-state index in [1.54, 1.807) is 7.05 Å². The van der Waals surface area contributed by atoms with Crippen LogP contribution in [0, 0.1) is 0 Å². The van der Waals surface area contributed by atoms with Gasteiger partial charge in [0.25, 0.3) is 5.56 Å². The molecule has 0 saturated carbocycles. The van der Waals surface area contributed by atoms with Crippen LogP contribution in [-0.2, 0) is 14.1 Å². The molecule has 0 aliphatic heterocycles. The molecule has 0 saturated heterocycles. The lowest BCUT2D eigenvalue weighted by Gasteiger charge is -2.18. The highest BCUT2D eigenvalue weighted by Crippen LogP contribution is 2.34. The largest absolute Gasteiger partial charge is 0.337 e. The van der Waals surface area contributed by atoms with E-state index in [2.05, 4.69) is 39.6 Å². The average Bonchev–Trinajstić information content (AvgIpc) is 3.11.